The minimum Gasteiger partial charge on any atom is -0.493 e. The van der Waals surface area contributed by atoms with Gasteiger partial charge < -0.3 is 10.1 Å². The van der Waals surface area contributed by atoms with Gasteiger partial charge in [-0.05, 0) is 43.5 Å². The molecule has 0 bridgehead atoms. The molecule has 0 saturated carbocycles. The monoisotopic (exact) mass is 217 g/mol. The number of ether oxygens (including phenoxy) is 1. The van der Waals surface area contributed by atoms with Crippen molar-refractivity contribution in [2.75, 3.05) is 13.2 Å². The molecule has 2 nitrogen and oxygen atoms in total. The van der Waals surface area contributed by atoms with Gasteiger partial charge in [0.15, 0.2) is 0 Å². The standard InChI is InChI=1S/C14H19NO/c1-10-5-6-13-11(7-9-16-13)14(10)12-4-2-3-8-15-12/h5-6,12,15H,2-4,7-9H2,1H3. The topological polar surface area (TPSA) is 21.3 Å². The summed E-state index contributed by atoms with van der Waals surface area (Å²) in [6.45, 7) is 4.25. The minimum atomic E-state index is 0.561. The van der Waals surface area contributed by atoms with Crippen molar-refractivity contribution >= 4 is 0 Å². The van der Waals surface area contributed by atoms with Crippen molar-refractivity contribution in [2.24, 2.45) is 0 Å². The Morgan fingerprint density at radius 1 is 1.31 bits per heavy atom. The lowest BCUT2D eigenvalue weighted by molar-refractivity contribution is 0.356. The zero-order valence-corrected chi connectivity index (χ0v) is 9.88. The van der Waals surface area contributed by atoms with E-state index in [0.29, 0.717) is 6.04 Å². The molecule has 2 heterocycles. The number of nitrogens with one attached hydrogen (secondary N) is 1. The highest BCUT2D eigenvalue weighted by Crippen LogP contribution is 2.36. The van der Waals surface area contributed by atoms with Crippen LogP contribution in [-0.2, 0) is 6.42 Å². The van der Waals surface area contributed by atoms with Gasteiger partial charge >= 0.3 is 0 Å². The number of rotatable bonds is 1. The van der Waals surface area contributed by atoms with E-state index in [2.05, 4.69) is 24.4 Å². The molecule has 86 valence electrons. The second-order valence-corrected chi connectivity index (χ2v) is 4.87. The van der Waals surface area contributed by atoms with Crippen LogP contribution >= 0.6 is 0 Å². The minimum absolute atomic E-state index is 0.561. The second kappa shape index (κ2) is 4.10. The van der Waals surface area contributed by atoms with Gasteiger partial charge in [-0.1, -0.05) is 12.5 Å². The van der Waals surface area contributed by atoms with Crippen molar-refractivity contribution < 1.29 is 4.74 Å². The molecule has 16 heavy (non-hydrogen) atoms. The number of hydrogen-bond acceptors (Lipinski definition) is 2. The fourth-order valence-electron chi connectivity index (χ4n) is 3.00. The first kappa shape index (κ1) is 10.2. The second-order valence-electron chi connectivity index (χ2n) is 4.87. The lowest BCUT2D eigenvalue weighted by Gasteiger charge is -2.27. The van der Waals surface area contributed by atoms with Crippen LogP contribution in [0, 0.1) is 6.92 Å². The maximum atomic E-state index is 5.66. The van der Waals surface area contributed by atoms with Crippen LogP contribution in [0.1, 0.15) is 42.0 Å². The van der Waals surface area contributed by atoms with E-state index in [4.69, 9.17) is 4.74 Å². The third-order valence-corrected chi connectivity index (χ3v) is 3.80. The molecule has 0 spiro atoms. The average Bonchev–Trinajstić information content (AvgIpc) is 2.78. The van der Waals surface area contributed by atoms with Gasteiger partial charge in [-0.2, -0.15) is 0 Å². The van der Waals surface area contributed by atoms with E-state index in [1.165, 1.54) is 36.0 Å². The first-order valence-electron chi connectivity index (χ1n) is 6.35. The van der Waals surface area contributed by atoms with Gasteiger partial charge in [0.1, 0.15) is 5.75 Å². The molecule has 0 aromatic heterocycles. The van der Waals surface area contributed by atoms with Crippen molar-refractivity contribution in [1.29, 1.82) is 0 Å². The van der Waals surface area contributed by atoms with E-state index >= 15 is 0 Å². The lowest BCUT2D eigenvalue weighted by Crippen LogP contribution is -2.28. The first-order chi connectivity index (χ1) is 7.86. The normalized spacial score (nSPS) is 23.9. The van der Waals surface area contributed by atoms with Crippen molar-refractivity contribution in [3.8, 4) is 5.75 Å². The maximum absolute atomic E-state index is 5.66. The molecule has 2 heteroatoms. The van der Waals surface area contributed by atoms with Crippen molar-refractivity contribution in [1.82, 2.24) is 5.32 Å². The van der Waals surface area contributed by atoms with Crippen LogP contribution in [0.15, 0.2) is 12.1 Å². The quantitative estimate of drug-likeness (QED) is 0.781. The molecular formula is C14H19NO. The Morgan fingerprint density at radius 2 is 2.25 bits per heavy atom. The SMILES string of the molecule is Cc1ccc2c(c1C1CCCCN1)CCO2. The molecule has 0 amide bonds. The van der Waals surface area contributed by atoms with Gasteiger partial charge in [-0.3, -0.25) is 0 Å². The summed E-state index contributed by atoms with van der Waals surface area (Å²) in [7, 11) is 0. The van der Waals surface area contributed by atoms with E-state index in [-0.39, 0.29) is 0 Å². The molecule has 1 aromatic carbocycles. The van der Waals surface area contributed by atoms with Crippen LogP contribution in [0.2, 0.25) is 0 Å². The number of aryl methyl sites for hydroxylation is 1. The Kier molecular flexibility index (Phi) is 2.60. The summed E-state index contributed by atoms with van der Waals surface area (Å²) in [5.74, 6) is 1.12. The first-order valence-corrected chi connectivity index (χ1v) is 6.35. The number of fused-ring (bicyclic) bond motifs is 1. The number of hydrogen-bond donors (Lipinski definition) is 1. The van der Waals surface area contributed by atoms with Crippen LogP contribution < -0.4 is 10.1 Å². The number of benzene rings is 1. The Hall–Kier alpha value is -1.02. The number of piperidine rings is 1. The zero-order valence-electron chi connectivity index (χ0n) is 9.88. The molecule has 0 radical (unpaired) electrons. The van der Waals surface area contributed by atoms with Gasteiger partial charge in [0.2, 0.25) is 0 Å². The van der Waals surface area contributed by atoms with Gasteiger partial charge in [0.05, 0.1) is 6.61 Å². The molecule has 2 aliphatic heterocycles. The van der Waals surface area contributed by atoms with Crippen LogP contribution in [0.3, 0.4) is 0 Å². The predicted octanol–water partition coefficient (Wildman–Crippen LogP) is 2.74. The van der Waals surface area contributed by atoms with Gasteiger partial charge in [0, 0.05) is 18.0 Å². The molecule has 3 rings (SSSR count). The Labute approximate surface area is 97.0 Å². The van der Waals surface area contributed by atoms with Gasteiger partial charge in [-0.25, -0.2) is 0 Å². The van der Waals surface area contributed by atoms with E-state index in [0.717, 1.165) is 25.3 Å². The Bertz CT molecular complexity index is 394. The summed E-state index contributed by atoms with van der Waals surface area (Å²) in [6.07, 6.45) is 5.03. The molecule has 1 saturated heterocycles. The summed E-state index contributed by atoms with van der Waals surface area (Å²) < 4.78 is 5.66. The van der Waals surface area contributed by atoms with Crippen LogP contribution in [0.5, 0.6) is 5.75 Å². The third-order valence-electron chi connectivity index (χ3n) is 3.80. The Morgan fingerprint density at radius 3 is 3.06 bits per heavy atom. The molecule has 1 aromatic rings. The van der Waals surface area contributed by atoms with E-state index in [9.17, 15) is 0 Å². The molecule has 1 fully saturated rings. The van der Waals surface area contributed by atoms with Gasteiger partial charge in [-0.15, -0.1) is 0 Å². The van der Waals surface area contributed by atoms with Crippen molar-refractivity contribution in [2.45, 2.75) is 38.6 Å². The largest absolute Gasteiger partial charge is 0.493 e. The van der Waals surface area contributed by atoms with Crippen molar-refractivity contribution in [3.63, 3.8) is 0 Å². The van der Waals surface area contributed by atoms with E-state index < -0.39 is 0 Å². The average molecular weight is 217 g/mol. The maximum Gasteiger partial charge on any atom is 0.122 e. The predicted molar refractivity (Wildman–Crippen MR) is 65.0 cm³/mol. The lowest BCUT2D eigenvalue weighted by atomic mass is 9.89. The fourth-order valence-corrected chi connectivity index (χ4v) is 3.00. The van der Waals surface area contributed by atoms with Gasteiger partial charge in [0.25, 0.3) is 0 Å². The van der Waals surface area contributed by atoms with Crippen LogP contribution in [-0.4, -0.2) is 13.2 Å². The highest BCUT2D eigenvalue weighted by molar-refractivity contribution is 5.48. The van der Waals surface area contributed by atoms with E-state index in [1.54, 1.807) is 0 Å². The third kappa shape index (κ3) is 1.61. The molecule has 1 atom stereocenters. The fraction of sp³-hybridized carbons (Fsp3) is 0.571. The highest BCUT2D eigenvalue weighted by atomic mass is 16.5. The summed E-state index contributed by atoms with van der Waals surface area (Å²) >= 11 is 0. The molecular weight excluding hydrogens is 198 g/mol. The zero-order chi connectivity index (χ0) is 11.0. The molecule has 2 aliphatic rings. The van der Waals surface area contributed by atoms with Crippen molar-refractivity contribution in [3.05, 3.63) is 28.8 Å². The molecule has 1 N–H and O–H groups in total. The highest BCUT2D eigenvalue weighted by Gasteiger charge is 2.24. The molecule has 0 aliphatic carbocycles. The Balaban J connectivity index is 2.01. The summed E-state index contributed by atoms with van der Waals surface area (Å²) in [6, 6.07) is 4.89. The molecule has 1 unspecified atom stereocenters. The van der Waals surface area contributed by atoms with Crippen LogP contribution in [0.4, 0.5) is 0 Å². The van der Waals surface area contributed by atoms with E-state index in [1.807, 2.05) is 0 Å². The van der Waals surface area contributed by atoms with Crippen LogP contribution in [0.25, 0.3) is 0 Å². The summed E-state index contributed by atoms with van der Waals surface area (Å²) in [5, 5.41) is 3.65. The summed E-state index contributed by atoms with van der Waals surface area (Å²) in [4.78, 5) is 0. The summed E-state index contributed by atoms with van der Waals surface area (Å²) in [5.41, 5.74) is 4.40. The smallest absolute Gasteiger partial charge is 0.122 e.